The van der Waals surface area contributed by atoms with Crippen LogP contribution in [0.2, 0.25) is 0 Å². The third-order valence-corrected chi connectivity index (χ3v) is 3.37. The molecule has 0 saturated carbocycles. The van der Waals surface area contributed by atoms with Gasteiger partial charge in [0.1, 0.15) is 6.04 Å². The molecule has 2 heterocycles. The summed E-state index contributed by atoms with van der Waals surface area (Å²) < 4.78 is 0. The van der Waals surface area contributed by atoms with Crippen LogP contribution in [-0.4, -0.2) is 52.4 Å². The molecular weight excluding hydrogens is 258 g/mol. The molecule has 7 nitrogen and oxygen atoms in total. The Morgan fingerprint density at radius 1 is 1.25 bits per heavy atom. The van der Waals surface area contributed by atoms with Gasteiger partial charge in [0, 0.05) is 31.4 Å². The number of primary amides is 1. The van der Waals surface area contributed by atoms with Crippen molar-refractivity contribution in [3.8, 4) is 0 Å². The normalized spacial score (nSPS) is 19.1. The standard InChI is InChI=1S/C13H19N5O2/c1-8-6-9(2)16-13(15-8)17-4-5-18(10(3)19)11(7-17)12(14)20/h6,11H,4-5,7H2,1-3H3,(H2,14,20). The summed E-state index contributed by atoms with van der Waals surface area (Å²) in [7, 11) is 0. The number of aryl methyl sites for hydroxylation is 2. The van der Waals surface area contributed by atoms with Crippen molar-refractivity contribution in [2.45, 2.75) is 26.8 Å². The van der Waals surface area contributed by atoms with Crippen molar-refractivity contribution in [1.29, 1.82) is 0 Å². The molecule has 0 bridgehead atoms. The van der Waals surface area contributed by atoms with Crippen molar-refractivity contribution in [1.82, 2.24) is 14.9 Å². The van der Waals surface area contributed by atoms with Crippen LogP contribution in [-0.2, 0) is 9.59 Å². The molecule has 2 N–H and O–H groups in total. The lowest BCUT2D eigenvalue weighted by molar-refractivity contribution is -0.138. The predicted octanol–water partition coefficient (Wildman–Crippen LogP) is -0.384. The fourth-order valence-corrected chi connectivity index (χ4v) is 2.43. The highest BCUT2D eigenvalue weighted by atomic mass is 16.2. The fourth-order valence-electron chi connectivity index (χ4n) is 2.43. The van der Waals surface area contributed by atoms with Gasteiger partial charge in [-0.15, -0.1) is 0 Å². The lowest BCUT2D eigenvalue weighted by Crippen LogP contribution is -2.59. The molecule has 1 unspecified atom stereocenters. The van der Waals surface area contributed by atoms with Crippen LogP contribution in [0.1, 0.15) is 18.3 Å². The zero-order valence-corrected chi connectivity index (χ0v) is 12.0. The van der Waals surface area contributed by atoms with Gasteiger partial charge >= 0.3 is 0 Å². The van der Waals surface area contributed by atoms with Crippen molar-refractivity contribution < 1.29 is 9.59 Å². The Morgan fingerprint density at radius 3 is 2.35 bits per heavy atom. The molecule has 1 aromatic rings. The maximum absolute atomic E-state index is 11.5. The Bertz CT molecular complexity index is 525. The highest BCUT2D eigenvalue weighted by Crippen LogP contribution is 2.16. The Labute approximate surface area is 117 Å². The number of carbonyl (C=O) groups excluding carboxylic acids is 2. The van der Waals surface area contributed by atoms with E-state index in [1.807, 2.05) is 24.8 Å². The molecule has 1 saturated heterocycles. The van der Waals surface area contributed by atoms with Gasteiger partial charge in [0.05, 0.1) is 6.54 Å². The second-order valence-corrected chi connectivity index (χ2v) is 5.03. The number of rotatable bonds is 2. The van der Waals surface area contributed by atoms with Crippen molar-refractivity contribution in [2.75, 3.05) is 24.5 Å². The van der Waals surface area contributed by atoms with Crippen molar-refractivity contribution in [3.05, 3.63) is 17.5 Å². The number of piperazine rings is 1. The minimum atomic E-state index is -0.634. The number of aromatic nitrogens is 2. The summed E-state index contributed by atoms with van der Waals surface area (Å²) in [6.45, 7) is 6.60. The lowest BCUT2D eigenvalue weighted by Gasteiger charge is -2.39. The van der Waals surface area contributed by atoms with Crippen LogP contribution in [0, 0.1) is 13.8 Å². The van der Waals surface area contributed by atoms with Gasteiger partial charge < -0.3 is 15.5 Å². The zero-order chi connectivity index (χ0) is 14.9. The first kappa shape index (κ1) is 14.2. The quantitative estimate of drug-likeness (QED) is 0.795. The van der Waals surface area contributed by atoms with Crippen LogP contribution in [0.5, 0.6) is 0 Å². The molecule has 0 aromatic carbocycles. The van der Waals surface area contributed by atoms with E-state index in [9.17, 15) is 9.59 Å². The number of hydrogen-bond donors (Lipinski definition) is 1. The summed E-state index contributed by atoms with van der Waals surface area (Å²) in [6, 6.07) is 1.26. The topological polar surface area (TPSA) is 92.4 Å². The highest BCUT2D eigenvalue weighted by molar-refractivity contribution is 5.86. The molecule has 1 aromatic heterocycles. The largest absolute Gasteiger partial charge is 0.368 e. The van der Waals surface area contributed by atoms with Crippen molar-refractivity contribution >= 4 is 17.8 Å². The third kappa shape index (κ3) is 2.87. The first-order valence-corrected chi connectivity index (χ1v) is 6.52. The molecule has 1 aliphatic rings. The summed E-state index contributed by atoms with van der Waals surface area (Å²) in [4.78, 5) is 35.2. The van der Waals surface area contributed by atoms with Crippen LogP contribution in [0.15, 0.2) is 6.07 Å². The van der Waals surface area contributed by atoms with Crippen LogP contribution < -0.4 is 10.6 Å². The van der Waals surface area contributed by atoms with Crippen LogP contribution in [0.25, 0.3) is 0 Å². The van der Waals surface area contributed by atoms with Gasteiger partial charge in [0.15, 0.2) is 0 Å². The van der Waals surface area contributed by atoms with Gasteiger partial charge in [0.2, 0.25) is 17.8 Å². The average molecular weight is 277 g/mol. The lowest BCUT2D eigenvalue weighted by atomic mass is 10.1. The van der Waals surface area contributed by atoms with Gasteiger partial charge in [-0.2, -0.15) is 0 Å². The molecule has 108 valence electrons. The molecule has 7 heteroatoms. The number of carbonyl (C=O) groups is 2. The van der Waals surface area contributed by atoms with E-state index in [1.165, 1.54) is 11.8 Å². The molecule has 20 heavy (non-hydrogen) atoms. The molecule has 1 aliphatic heterocycles. The summed E-state index contributed by atoms with van der Waals surface area (Å²) in [5.41, 5.74) is 7.14. The molecule has 2 amide bonds. The fraction of sp³-hybridized carbons (Fsp3) is 0.538. The van der Waals surface area contributed by atoms with Crippen LogP contribution >= 0.6 is 0 Å². The minimum absolute atomic E-state index is 0.144. The molecule has 0 radical (unpaired) electrons. The maximum Gasteiger partial charge on any atom is 0.242 e. The van der Waals surface area contributed by atoms with Gasteiger partial charge in [-0.1, -0.05) is 0 Å². The molecular formula is C13H19N5O2. The zero-order valence-electron chi connectivity index (χ0n) is 12.0. The maximum atomic E-state index is 11.5. The van der Waals surface area contributed by atoms with E-state index in [2.05, 4.69) is 9.97 Å². The first-order valence-electron chi connectivity index (χ1n) is 6.52. The van der Waals surface area contributed by atoms with E-state index >= 15 is 0 Å². The molecule has 0 spiro atoms. The van der Waals surface area contributed by atoms with E-state index in [-0.39, 0.29) is 5.91 Å². The summed E-state index contributed by atoms with van der Waals surface area (Å²) >= 11 is 0. The Balaban J connectivity index is 2.24. The molecule has 1 atom stereocenters. The van der Waals surface area contributed by atoms with Gasteiger partial charge in [-0.3, -0.25) is 9.59 Å². The van der Waals surface area contributed by atoms with Crippen molar-refractivity contribution in [3.63, 3.8) is 0 Å². The van der Waals surface area contributed by atoms with Gasteiger partial charge in [-0.25, -0.2) is 9.97 Å². The third-order valence-electron chi connectivity index (χ3n) is 3.37. The number of nitrogens with two attached hydrogens (primary N) is 1. The van der Waals surface area contributed by atoms with E-state index in [4.69, 9.17) is 5.73 Å². The Hall–Kier alpha value is -2.18. The number of anilines is 1. The van der Waals surface area contributed by atoms with E-state index < -0.39 is 11.9 Å². The Kier molecular flexibility index (Phi) is 3.87. The van der Waals surface area contributed by atoms with Gasteiger partial charge in [0.25, 0.3) is 0 Å². The van der Waals surface area contributed by atoms with E-state index in [1.54, 1.807) is 0 Å². The molecule has 1 fully saturated rings. The number of hydrogen-bond acceptors (Lipinski definition) is 5. The number of nitrogens with zero attached hydrogens (tertiary/aromatic N) is 4. The van der Waals surface area contributed by atoms with E-state index in [0.717, 1.165) is 11.4 Å². The first-order chi connectivity index (χ1) is 9.38. The highest BCUT2D eigenvalue weighted by Gasteiger charge is 2.33. The second kappa shape index (κ2) is 5.44. The van der Waals surface area contributed by atoms with Crippen LogP contribution in [0.4, 0.5) is 5.95 Å². The minimum Gasteiger partial charge on any atom is -0.368 e. The predicted molar refractivity (Wildman–Crippen MR) is 74.1 cm³/mol. The van der Waals surface area contributed by atoms with Crippen LogP contribution in [0.3, 0.4) is 0 Å². The van der Waals surface area contributed by atoms with Gasteiger partial charge in [-0.05, 0) is 19.9 Å². The second-order valence-electron chi connectivity index (χ2n) is 5.03. The monoisotopic (exact) mass is 277 g/mol. The average Bonchev–Trinajstić information content (AvgIpc) is 2.36. The molecule has 2 rings (SSSR count). The Morgan fingerprint density at radius 2 is 1.85 bits per heavy atom. The summed E-state index contributed by atoms with van der Waals surface area (Å²) in [6.07, 6.45) is 0. The smallest absolute Gasteiger partial charge is 0.242 e. The SMILES string of the molecule is CC(=O)N1CCN(c2nc(C)cc(C)n2)CC1C(N)=O. The molecule has 0 aliphatic carbocycles. The summed E-state index contributed by atoms with van der Waals surface area (Å²) in [5, 5.41) is 0. The number of amides is 2. The van der Waals surface area contributed by atoms with Crippen molar-refractivity contribution in [2.24, 2.45) is 5.73 Å². The van der Waals surface area contributed by atoms with E-state index in [0.29, 0.717) is 25.6 Å². The summed E-state index contributed by atoms with van der Waals surface area (Å²) in [5.74, 6) is -0.0685.